The highest BCUT2D eigenvalue weighted by Gasteiger charge is 2.40. The van der Waals surface area contributed by atoms with Crippen molar-refractivity contribution in [3.63, 3.8) is 0 Å². The molecule has 0 saturated carbocycles. The van der Waals surface area contributed by atoms with Gasteiger partial charge in [-0.25, -0.2) is 14.6 Å². The van der Waals surface area contributed by atoms with Crippen LogP contribution in [0, 0.1) is 0 Å². The normalized spacial score (nSPS) is 18.6. The number of halogens is 1. The molecular formula is C36H33BrN8O4. The number of piperidine rings is 2. The van der Waals surface area contributed by atoms with Gasteiger partial charge < -0.3 is 15.4 Å². The van der Waals surface area contributed by atoms with Crippen molar-refractivity contribution >= 4 is 50.5 Å². The van der Waals surface area contributed by atoms with Crippen molar-refractivity contribution in [1.82, 2.24) is 34.9 Å². The van der Waals surface area contributed by atoms with Crippen LogP contribution < -0.4 is 15.8 Å². The first-order valence-corrected chi connectivity index (χ1v) is 17.1. The van der Waals surface area contributed by atoms with E-state index in [-0.39, 0.29) is 24.3 Å². The molecule has 8 rings (SSSR count). The SMILES string of the molecule is Nc1ncnc2c1c(-c1ccc(Oc3ccccc3)cc1)nn2C1CCN(Cc2cc(Br)c3c(c2)CN(C2CCC(=O)NC2=O)C3=O)CC1. The van der Waals surface area contributed by atoms with Crippen molar-refractivity contribution in [3.8, 4) is 22.8 Å². The number of amides is 3. The quantitative estimate of drug-likeness (QED) is 0.216. The van der Waals surface area contributed by atoms with Crippen LogP contribution in [-0.4, -0.2) is 66.4 Å². The number of likely N-dealkylation sites (tertiary alicyclic amines) is 1. The maximum atomic E-state index is 13.3. The molecule has 49 heavy (non-hydrogen) atoms. The second kappa shape index (κ2) is 12.7. The number of nitrogens with zero attached hydrogens (tertiary/aromatic N) is 6. The van der Waals surface area contributed by atoms with Crippen LogP contribution >= 0.6 is 15.9 Å². The minimum Gasteiger partial charge on any atom is -0.457 e. The molecule has 2 fully saturated rings. The summed E-state index contributed by atoms with van der Waals surface area (Å²) in [5, 5.41) is 8.17. The van der Waals surface area contributed by atoms with Crippen LogP contribution in [0.4, 0.5) is 5.82 Å². The Balaban J connectivity index is 0.963. The lowest BCUT2D eigenvalue weighted by Crippen LogP contribution is -2.52. The van der Waals surface area contributed by atoms with Crippen LogP contribution in [-0.2, 0) is 22.7 Å². The Hall–Kier alpha value is -5.14. The molecule has 13 heteroatoms. The van der Waals surface area contributed by atoms with E-state index in [1.165, 1.54) is 6.33 Å². The van der Waals surface area contributed by atoms with E-state index in [9.17, 15) is 14.4 Å². The van der Waals surface area contributed by atoms with Crippen molar-refractivity contribution in [2.24, 2.45) is 0 Å². The predicted octanol–water partition coefficient (Wildman–Crippen LogP) is 5.23. The molecule has 0 bridgehead atoms. The van der Waals surface area contributed by atoms with Crippen molar-refractivity contribution < 1.29 is 19.1 Å². The fraction of sp³-hybridized carbons (Fsp3) is 0.278. The summed E-state index contributed by atoms with van der Waals surface area (Å²) >= 11 is 3.63. The zero-order chi connectivity index (χ0) is 33.6. The highest BCUT2D eigenvalue weighted by atomic mass is 79.9. The standard InChI is InChI=1S/C36H33BrN8O4/c37-27-17-21(16-23-19-44(36(48)30(23)27)28-10-11-29(46)41-35(28)47)18-43-14-12-24(13-15-43)45-34-31(33(38)39-20-40-34)32(42-45)22-6-8-26(9-7-22)49-25-4-2-1-3-5-25/h1-9,16-17,20,24,28H,10-15,18-19H2,(H2,38,39,40)(H,41,46,47). The van der Waals surface area contributed by atoms with Crippen molar-refractivity contribution in [1.29, 1.82) is 0 Å². The lowest BCUT2D eigenvalue weighted by molar-refractivity contribution is -0.136. The summed E-state index contributed by atoms with van der Waals surface area (Å²) in [6.45, 7) is 2.77. The number of carbonyl (C=O) groups excluding carboxylic acids is 3. The summed E-state index contributed by atoms with van der Waals surface area (Å²) in [5.74, 6) is 0.999. The first kappa shape index (κ1) is 31.1. The third-order valence-electron chi connectivity index (χ3n) is 9.57. The fourth-order valence-corrected chi connectivity index (χ4v) is 7.87. The minimum atomic E-state index is -0.639. The molecule has 3 aliphatic rings. The molecule has 248 valence electrons. The van der Waals surface area contributed by atoms with Crippen molar-refractivity contribution in [2.45, 2.75) is 50.9 Å². The van der Waals surface area contributed by atoms with E-state index in [0.29, 0.717) is 24.3 Å². The zero-order valence-electron chi connectivity index (χ0n) is 26.5. The molecule has 0 aliphatic carbocycles. The van der Waals surface area contributed by atoms with Gasteiger partial charge in [-0.1, -0.05) is 24.3 Å². The summed E-state index contributed by atoms with van der Waals surface area (Å²) < 4.78 is 8.71. The molecular weight excluding hydrogens is 688 g/mol. The average molecular weight is 722 g/mol. The van der Waals surface area contributed by atoms with Gasteiger partial charge in [-0.15, -0.1) is 0 Å². The number of nitrogens with one attached hydrogen (secondary N) is 1. The van der Waals surface area contributed by atoms with E-state index in [1.54, 1.807) is 4.90 Å². The second-order valence-electron chi connectivity index (χ2n) is 12.7. The van der Waals surface area contributed by atoms with E-state index >= 15 is 0 Å². The first-order valence-electron chi connectivity index (χ1n) is 16.3. The van der Waals surface area contributed by atoms with Crippen LogP contribution in [0.25, 0.3) is 22.3 Å². The lowest BCUT2D eigenvalue weighted by Gasteiger charge is -2.32. The molecule has 3 amide bonds. The molecule has 3 N–H and O–H groups in total. The molecule has 3 aliphatic heterocycles. The molecule has 2 saturated heterocycles. The maximum absolute atomic E-state index is 13.3. The Kier molecular flexibility index (Phi) is 8.08. The van der Waals surface area contributed by atoms with Crippen LogP contribution in [0.3, 0.4) is 0 Å². The van der Waals surface area contributed by atoms with Crippen molar-refractivity contribution in [3.05, 3.63) is 94.2 Å². The van der Waals surface area contributed by atoms with Gasteiger partial charge in [-0.3, -0.25) is 24.6 Å². The van der Waals surface area contributed by atoms with Gasteiger partial charge >= 0.3 is 0 Å². The Morgan fingerprint density at radius 1 is 0.939 bits per heavy atom. The van der Waals surface area contributed by atoms with Gasteiger partial charge in [0.1, 0.15) is 35.4 Å². The van der Waals surface area contributed by atoms with Gasteiger partial charge in [-0.05, 0) is 88.8 Å². The van der Waals surface area contributed by atoms with Gasteiger partial charge in [0.05, 0.1) is 17.0 Å². The number of hydrogen-bond acceptors (Lipinski definition) is 9. The van der Waals surface area contributed by atoms with Gasteiger partial charge in [-0.2, -0.15) is 5.10 Å². The molecule has 5 heterocycles. The highest BCUT2D eigenvalue weighted by molar-refractivity contribution is 9.10. The highest BCUT2D eigenvalue weighted by Crippen LogP contribution is 2.37. The summed E-state index contributed by atoms with van der Waals surface area (Å²) in [6.07, 6.45) is 3.80. The van der Waals surface area contributed by atoms with Gasteiger partial charge in [0, 0.05) is 42.6 Å². The summed E-state index contributed by atoms with van der Waals surface area (Å²) in [7, 11) is 0. The number of nitrogen functional groups attached to an aromatic ring is 1. The number of benzene rings is 3. The molecule has 1 unspecified atom stereocenters. The van der Waals surface area contributed by atoms with Crippen LogP contribution in [0.2, 0.25) is 0 Å². The molecule has 0 spiro atoms. The number of nitrogens with two attached hydrogens (primary N) is 1. The van der Waals surface area contributed by atoms with E-state index in [0.717, 1.165) is 81.9 Å². The molecule has 0 radical (unpaired) electrons. The first-order chi connectivity index (χ1) is 23.8. The Bertz CT molecular complexity index is 2090. The van der Waals surface area contributed by atoms with E-state index in [2.05, 4.69) is 42.2 Å². The zero-order valence-corrected chi connectivity index (χ0v) is 28.1. The number of carbonyl (C=O) groups is 3. The number of hydrogen-bond donors (Lipinski definition) is 2. The largest absolute Gasteiger partial charge is 0.457 e. The molecule has 1 atom stereocenters. The Labute approximate surface area is 290 Å². The van der Waals surface area contributed by atoms with Gasteiger partial charge in [0.2, 0.25) is 11.8 Å². The number of fused-ring (bicyclic) bond motifs is 2. The van der Waals surface area contributed by atoms with Gasteiger partial charge in [0.25, 0.3) is 5.91 Å². The van der Waals surface area contributed by atoms with Crippen LogP contribution in [0.1, 0.15) is 53.2 Å². The Morgan fingerprint density at radius 3 is 2.45 bits per heavy atom. The number of rotatable bonds is 7. The molecule has 3 aromatic carbocycles. The number of aromatic nitrogens is 4. The molecule has 2 aromatic heterocycles. The Morgan fingerprint density at radius 2 is 1.69 bits per heavy atom. The smallest absolute Gasteiger partial charge is 0.256 e. The summed E-state index contributed by atoms with van der Waals surface area (Å²) in [4.78, 5) is 50.3. The van der Waals surface area contributed by atoms with E-state index < -0.39 is 11.9 Å². The second-order valence-corrected chi connectivity index (χ2v) is 13.6. The third kappa shape index (κ3) is 5.93. The van der Waals surface area contributed by atoms with Crippen molar-refractivity contribution in [2.75, 3.05) is 18.8 Å². The topological polar surface area (TPSA) is 149 Å². The van der Waals surface area contributed by atoms with Gasteiger partial charge in [0.15, 0.2) is 5.65 Å². The maximum Gasteiger partial charge on any atom is 0.256 e. The summed E-state index contributed by atoms with van der Waals surface area (Å²) in [5.41, 5.74) is 11.3. The monoisotopic (exact) mass is 720 g/mol. The molecule has 12 nitrogen and oxygen atoms in total. The predicted molar refractivity (Wildman–Crippen MR) is 185 cm³/mol. The van der Waals surface area contributed by atoms with E-state index in [4.69, 9.17) is 15.6 Å². The average Bonchev–Trinajstić information content (AvgIpc) is 3.65. The van der Waals surface area contributed by atoms with Crippen LogP contribution in [0.15, 0.2) is 77.5 Å². The number of anilines is 1. The van der Waals surface area contributed by atoms with E-state index in [1.807, 2.05) is 65.3 Å². The number of ether oxygens (including phenoxy) is 1. The third-order valence-corrected chi connectivity index (χ3v) is 10.2. The number of para-hydroxylation sites is 1. The number of imide groups is 1. The minimum absolute atomic E-state index is 0.133. The van der Waals surface area contributed by atoms with Crippen LogP contribution in [0.5, 0.6) is 11.5 Å². The molecule has 5 aromatic rings. The summed E-state index contributed by atoms with van der Waals surface area (Å²) in [6, 6.07) is 21.0. The fourth-order valence-electron chi connectivity index (χ4n) is 7.15. The lowest BCUT2D eigenvalue weighted by atomic mass is 10.0.